The molecular weight excluding hydrogens is 639 g/mol. The maximum atomic E-state index is 10.5. The molecule has 10 aromatic rings. The van der Waals surface area contributed by atoms with Crippen LogP contribution in [-0.4, -0.2) is 19.5 Å². The molecule has 0 spiro atoms. The van der Waals surface area contributed by atoms with Crippen LogP contribution in [0.25, 0.3) is 94.7 Å². The lowest BCUT2D eigenvalue weighted by Gasteiger charge is -2.16. The molecule has 3 aromatic heterocycles. The number of para-hydroxylation sites is 3. The van der Waals surface area contributed by atoms with Crippen LogP contribution in [0.5, 0.6) is 0 Å². The van der Waals surface area contributed by atoms with Gasteiger partial charge in [0.2, 0.25) is 0 Å². The molecule has 52 heavy (non-hydrogen) atoms. The summed E-state index contributed by atoms with van der Waals surface area (Å²) < 4.78 is 8.37. The molecule has 10 rings (SSSR count). The van der Waals surface area contributed by atoms with E-state index in [1.54, 1.807) is 0 Å². The fraction of sp³-hybridized carbons (Fsp3) is 0. The summed E-state index contributed by atoms with van der Waals surface area (Å²) in [5, 5.41) is 14.7. The van der Waals surface area contributed by atoms with Crippen LogP contribution in [0.1, 0.15) is 5.56 Å². The second-order valence-electron chi connectivity index (χ2n) is 12.7. The normalized spacial score (nSPS) is 11.4. The van der Waals surface area contributed by atoms with Crippen molar-refractivity contribution in [3.8, 4) is 57.0 Å². The summed E-state index contributed by atoms with van der Waals surface area (Å²) in [5.74, 6) is 1.81. The Morgan fingerprint density at radius 3 is 1.75 bits per heavy atom. The highest BCUT2D eigenvalue weighted by atomic mass is 16.3. The fourth-order valence-corrected chi connectivity index (χ4v) is 7.29. The summed E-state index contributed by atoms with van der Waals surface area (Å²) >= 11 is 0. The summed E-state index contributed by atoms with van der Waals surface area (Å²) in [7, 11) is 0. The average Bonchev–Trinajstić information content (AvgIpc) is 3.76. The second-order valence-corrected chi connectivity index (χ2v) is 12.7. The first kappa shape index (κ1) is 29.5. The van der Waals surface area contributed by atoms with Gasteiger partial charge in [-0.05, 0) is 54.1 Å². The minimum Gasteiger partial charge on any atom is -0.456 e. The summed E-state index contributed by atoms with van der Waals surface area (Å²) in [6.45, 7) is 0. The Morgan fingerprint density at radius 1 is 0.442 bits per heavy atom. The number of furan rings is 1. The monoisotopic (exact) mass is 665 g/mol. The van der Waals surface area contributed by atoms with Gasteiger partial charge in [0, 0.05) is 43.8 Å². The van der Waals surface area contributed by atoms with Crippen molar-refractivity contribution in [1.29, 1.82) is 5.26 Å². The number of nitriles is 1. The van der Waals surface area contributed by atoms with E-state index in [0.717, 1.165) is 77.2 Å². The highest BCUT2D eigenvalue weighted by Gasteiger charge is 2.21. The Morgan fingerprint density at radius 2 is 1.02 bits per heavy atom. The minimum atomic E-state index is 0.582. The zero-order valence-corrected chi connectivity index (χ0v) is 27.7. The van der Waals surface area contributed by atoms with Crippen molar-refractivity contribution < 1.29 is 4.42 Å². The van der Waals surface area contributed by atoms with Gasteiger partial charge in [0.25, 0.3) is 0 Å². The van der Waals surface area contributed by atoms with Crippen molar-refractivity contribution in [3.05, 3.63) is 169 Å². The molecule has 0 saturated carbocycles. The van der Waals surface area contributed by atoms with Crippen molar-refractivity contribution in [2.24, 2.45) is 0 Å². The van der Waals surface area contributed by atoms with Gasteiger partial charge in [-0.2, -0.15) is 5.26 Å². The van der Waals surface area contributed by atoms with Crippen LogP contribution < -0.4 is 0 Å². The molecule has 0 unspecified atom stereocenters. The third kappa shape index (κ3) is 4.76. The molecule has 0 saturated heterocycles. The lowest BCUT2D eigenvalue weighted by molar-refractivity contribution is 0.669. The Labute approximate surface area is 298 Å². The Kier molecular flexibility index (Phi) is 6.76. The van der Waals surface area contributed by atoms with E-state index in [1.807, 2.05) is 103 Å². The molecular formula is C46H27N5O. The SMILES string of the molecule is N#Cc1cccc(-c2ccc3oc4ccccc4c3c2)c1-n1c2ccccc2c2cc(-c3nc(-c4ccccc4)nc(-c4ccccc4)n3)ccc21. The molecule has 0 fully saturated rings. The van der Waals surface area contributed by atoms with E-state index in [0.29, 0.717) is 23.0 Å². The topological polar surface area (TPSA) is 80.5 Å². The number of rotatable bonds is 5. The molecule has 3 heterocycles. The van der Waals surface area contributed by atoms with Crippen LogP contribution in [0.4, 0.5) is 0 Å². The molecule has 242 valence electrons. The van der Waals surface area contributed by atoms with Crippen molar-refractivity contribution in [1.82, 2.24) is 19.5 Å². The highest BCUT2D eigenvalue weighted by Crippen LogP contribution is 2.40. The average molecular weight is 666 g/mol. The predicted molar refractivity (Wildman–Crippen MR) is 208 cm³/mol. The minimum absolute atomic E-state index is 0.582. The van der Waals surface area contributed by atoms with Crippen LogP contribution in [0.3, 0.4) is 0 Å². The van der Waals surface area contributed by atoms with Crippen LogP contribution >= 0.6 is 0 Å². The summed E-state index contributed by atoms with van der Waals surface area (Å²) in [5.41, 5.74) is 9.73. The van der Waals surface area contributed by atoms with Crippen molar-refractivity contribution in [2.45, 2.75) is 0 Å². The summed E-state index contributed by atoms with van der Waals surface area (Å²) in [6, 6.07) is 57.5. The van der Waals surface area contributed by atoms with Crippen LogP contribution in [0.2, 0.25) is 0 Å². The first-order valence-electron chi connectivity index (χ1n) is 17.1. The van der Waals surface area contributed by atoms with Crippen molar-refractivity contribution in [2.75, 3.05) is 0 Å². The third-order valence-corrected chi connectivity index (χ3v) is 9.70. The van der Waals surface area contributed by atoms with E-state index < -0.39 is 0 Å². The van der Waals surface area contributed by atoms with E-state index in [1.165, 1.54) is 0 Å². The van der Waals surface area contributed by atoms with E-state index in [4.69, 9.17) is 19.4 Å². The van der Waals surface area contributed by atoms with Gasteiger partial charge in [0.1, 0.15) is 17.2 Å². The number of nitrogens with zero attached hydrogens (tertiary/aromatic N) is 5. The molecule has 7 aromatic carbocycles. The van der Waals surface area contributed by atoms with Gasteiger partial charge in [-0.25, -0.2) is 15.0 Å². The molecule has 0 aliphatic heterocycles. The maximum absolute atomic E-state index is 10.5. The molecule has 0 N–H and O–H groups in total. The lowest BCUT2D eigenvalue weighted by Crippen LogP contribution is -2.01. The molecule has 6 nitrogen and oxygen atoms in total. The van der Waals surface area contributed by atoms with Crippen molar-refractivity contribution >= 4 is 43.7 Å². The number of hydrogen-bond donors (Lipinski definition) is 0. The molecule has 6 heteroatoms. The molecule has 0 atom stereocenters. The van der Waals surface area contributed by atoms with Crippen LogP contribution in [0, 0.1) is 11.3 Å². The highest BCUT2D eigenvalue weighted by molar-refractivity contribution is 6.11. The molecule has 0 aliphatic rings. The first-order valence-corrected chi connectivity index (χ1v) is 17.1. The molecule has 0 radical (unpaired) electrons. The van der Waals surface area contributed by atoms with E-state index >= 15 is 0 Å². The smallest absolute Gasteiger partial charge is 0.164 e. The zero-order valence-electron chi connectivity index (χ0n) is 27.7. The van der Waals surface area contributed by atoms with Gasteiger partial charge in [0.05, 0.1) is 22.3 Å². The van der Waals surface area contributed by atoms with Crippen LogP contribution in [-0.2, 0) is 0 Å². The van der Waals surface area contributed by atoms with Crippen molar-refractivity contribution in [3.63, 3.8) is 0 Å². The number of aromatic nitrogens is 4. The van der Waals surface area contributed by atoms with E-state index in [-0.39, 0.29) is 0 Å². The number of benzene rings is 7. The number of fused-ring (bicyclic) bond motifs is 6. The van der Waals surface area contributed by atoms with Gasteiger partial charge in [-0.1, -0.05) is 115 Å². The maximum Gasteiger partial charge on any atom is 0.164 e. The molecule has 0 aliphatic carbocycles. The van der Waals surface area contributed by atoms with Gasteiger partial charge in [0.15, 0.2) is 17.5 Å². The van der Waals surface area contributed by atoms with E-state index in [9.17, 15) is 5.26 Å². The van der Waals surface area contributed by atoms with Gasteiger partial charge in [-0.15, -0.1) is 0 Å². The quantitative estimate of drug-likeness (QED) is 0.183. The summed E-state index contributed by atoms with van der Waals surface area (Å²) in [6.07, 6.45) is 0. The summed E-state index contributed by atoms with van der Waals surface area (Å²) in [4.78, 5) is 14.9. The number of hydrogen-bond acceptors (Lipinski definition) is 5. The Balaban J connectivity index is 1.20. The van der Waals surface area contributed by atoms with Gasteiger partial charge in [-0.3, -0.25) is 0 Å². The van der Waals surface area contributed by atoms with Gasteiger partial charge < -0.3 is 8.98 Å². The molecule has 0 bridgehead atoms. The van der Waals surface area contributed by atoms with Crippen LogP contribution in [0.15, 0.2) is 168 Å². The second kappa shape index (κ2) is 11.9. The predicted octanol–water partition coefficient (Wildman–Crippen LogP) is 11.4. The Hall–Kier alpha value is -7.36. The lowest BCUT2D eigenvalue weighted by atomic mass is 9.98. The Bertz CT molecular complexity index is 2970. The zero-order chi connectivity index (χ0) is 34.6. The van der Waals surface area contributed by atoms with Gasteiger partial charge >= 0.3 is 0 Å². The third-order valence-electron chi connectivity index (χ3n) is 9.70. The first-order chi connectivity index (χ1) is 25.7. The standard InChI is InChI=1S/C46H27N5O/c47-28-33-16-11-19-34(31-23-25-42-38(26-31)36-18-8-10-21-41(36)52-42)43(33)51-39-20-9-7-17-35(39)37-27-32(22-24-40(37)51)46-49-44(29-12-3-1-4-13-29)48-45(50-46)30-14-5-2-6-15-30/h1-27H. The molecule has 0 amide bonds. The fourth-order valence-electron chi connectivity index (χ4n) is 7.29. The largest absolute Gasteiger partial charge is 0.456 e. The van der Waals surface area contributed by atoms with E-state index in [2.05, 4.69) is 71.3 Å².